The Hall–Kier alpha value is -1.97. The molecule has 3 heterocycles. The third-order valence-corrected chi connectivity index (χ3v) is 3.83. The molecule has 1 aliphatic heterocycles. The second-order valence-electron chi connectivity index (χ2n) is 5.24. The molecule has 2 aromatic heterocycles. The number of imidazole rings is 1. The third-order valence-electron chi connectivity index (χ3n) is 3.83. The minimum absolute atomic E-state index is 0.0719. The van der Waals surface area contributed by atoms with Gasteiger partial charge in [-0.15, -0.1) is 0 Å². The predicted octanol–water partition coefficient (Wildman–Crippen LogP) is -0.306. The first kappa shape index (κ1) is 14.9. The number of hydrogen-bond acceptors (Lipinski definition) is 8. The van der Waals surface area contributed by atoms with Crippen molar-refractivity contribution in [2.45, 2.75) is 32.3 Å². The molecule has 22 heavy (non-hydrogen) atoms. The summed E-state index contributed by atoms with van der Waals surface area (Å²) >= 11 is 0. The topological polar surface area (TPSA) is 129 Å². The van der Waals surface area contributed by atoms with Gasteiger partial charge in [-0.05, 0) is 6.92 Å². The lowest BCUT2D eigenvalue weighted by Gasteiger charge is -2.17. The van der Waals surface area contributed by atoms with E-state index in [2.05, 4.69) is 15.0 Å². The molecule has 0 saturated carbocycles. The van der Waals surface area contributed by atoms with E-state index in [1.54, 1.807) is 10.9 Å². The van der Waals surface area contributed by atoms with Gasteiger partial charge in [0.05, 0.1) is 25.6 Å². The Labute approximate surface area is 126 Å². The number of rotatable bonds is 4. The fourth-order valence-electron chi connectivity index (χ4n) is 2.69. The van der Waals surface area contributed by atoms with Crippen LogP contribution in [0.25, 0.3) is 11.2 Å². The number of nitrogens with zero attached hydrogens (tertiary/aromatic N) is 4. The second kappa shape index (κ2) is 5.67. The molecule has 0 bridgehead atoms. The summed E-state index contributed by atoms with van der Waals surface area (Å²) in [4.78, 5) is 12.5. The SMILES string of the molecule is CCOc1nc(N)nc2c1ncn2[C@@H]1O[C@H](CO)[C@@H](O)[C@@H]1C. The molecule has 1 aliphatic rings. The highest BCUT2D eigenvalue weighted by molar-refractivity contribution is 5.77. The summed E-state index contributed by atoms with van der Waals surface area (Å²) in [5, 5.41) is 19.4. The van der Waals surface area contributed by atoms with E-state index >= 15 is 0 Å². The van der Waals surface area contributed by atoms with E-state index in [4.69, 9.17) is 15.2 Å². The Kier molecular flexibility index (Phi) is 3.85. The number of fused-ring (bicyclic) bond motifs is 1. The smallest absolute Gasteiger partial charge is 0.247 e. The fourth-order valence-corrected chi connectivity index (χ4v) is 2.69. The number of ether oxygens (including phenoxy) is 2. The third kappa shape index (κ3) is 2.27. The molecule has 9 heteroatoms. The molecule has 0 unspecified atom stereocenters. The van der Waals surface area contributed by atoms with Crippen LogP contribution < -0.4 is 10.5 Å². The van der Waals surface area contributed by atoms with Crippen LogP contribution in [0, 0.1) is 5.92 Å². The van der Waals surface area contributed by atoms with Crippen molar-refractivity contribution < 1.29 is 19.7 Å². The molecule has 4 atom stereocenters. The zero-order valence-electron chi connectivity index (χ0n) is 12.4. The molecule has 120 valence electrons. The lowest BCUT2D eigenvalue weighted by atomic mass is 10.0. The van der Waals surface area contributed by atoms with Gasteiger partial charge in [0.1, 0.15) is 12.3 Å². The number of nitrogens with two attached hydrogens (primary N) is 1. The molecule has 0 amide bonds. The van der Waals surface area contributed by atoms with E-state index in [1.807, 2.05) is 13.8 Å². The van der Waals surface area contributed by atoms with Gasteiger partial charge < -0.3 is 25.4 Å². The first-order chi connectivity index (χ1) is 10.6. The van der Waals surface area contributed by atoms with Crippen molar-refractivity contribution in [3.8, 4) is 5.88 Å². The highest BCUT2D eigenvalue weighted by Crippen LogP contribution is 2.36. The summed E-state index contributed by atoms with van der Waals surface area (Å²) in [5.74, 6) is 0.151. The fraction of sp³-hybridized carbons (Fsp3) is 0.615. The Morgan fingerprint density at radius 1 is 1.45 bits per heavy atom. The molecule has 0 radical (unpaired) electrons. The van der Waals surface area contributed by atoms with Crippen LogP contribution in [0.2, 0.25) is 0 Å². The van der Waals surface area contributed by atoms with Crippen LogP contribution in [0.1, 0.15) is 20.1 Å². The minimum Gasteiger partial charge on any atom is -0.476 e. The number of aliphatic hydroxyl groups excluding tert-OH is 2. The minimum atomic E-state index is -0.766. The molecular weight excluding hydrogens is 290 g/mol. The predicted molar refractivity (Wildman–Crippen MR) is 77.1 cm³/mol. The molecule has 9 nitrogen and oxygen atoms in total. The molecule has 2 aromatic rings. The van der Waals surface area contributed by atoms with E-state index in [1.165, 1.54) is 0 Å². The first-order valence-corrected chi connectivity index (χ1v) is 7.14. The van der Waals surface area contributed by atoms with Gasteiger partial charge in [-0.1, -0.05) is 6.92 Å². The molecule has 1 fully saturated rings. The van der Waals surface area contributed by atoms with Crippen LogP contribution in [0.4, 0.5) is 5.95 Å². The van der Waals surface area contributed by atoms with Gasteiger partial charge in [-0.2, -0.15) is 9.97 Å². The monoisotopic (exact) mass is 309 g/mol. The standard InChI is InChI=1S/C13H19N5O4/c1-3-21-11-8-10(16-13(14)17-11)18(5-15-8)12-6(2)9(20)7(4-19)22-12/h5-7,9,12,19-20H,3-4H2,1-2H3,(H2,14,16,17)/t6-,7+,9-,12+/m0/s1. The Balaban J connectivity index is 2.05. The molecule has 0 aliphatic carbocycles. The van der Waals surface area contributed by atoms with Crippen molar-refractivity contribution in [3.63, 3.8) is 0 Å². The van der Waals surface area contributed by atoms with Crippen LogP contribution in [-0.2, 0) is 4.74 Å². The van der Waals surface area contributed by atoms with E-state index in [0.29, 0.717) is 23.7 Å². The summed E-state index contributed by atoms with van der Waals surface area (Å²) in [7, 11) is 0. The van der Waals surface area contributed by atoms with Crippen LogP contribution in [0.5, 0.6) is 5.88 Å². The van der Waals surface area contributed by atoms with Crippen LogP contribution in [0.3, 0.4) is 0 Å². The lowest BCUT2D eigenvalue weighted by molar-refractivity contribution is -0.0447. The molecular formula is C13H19N5O4. The van der Waals surface area contributed by atoms with Crippen molar-refractivity contribution in [2.24, 2.45) is 5.92 Å². The summed E-state index contributed by atoms with van der Waals surface area (Å²) in [6.07, 6.45) is -0.350. The number of anilines is 1. The average Bonchev–Trinajstić information content (AvgIpc) is 3.02. The van der Waals surface area contributed by atoms with Gasteiger partial charge in [0.2, 0.25) is 11.8 Å². The molecule has 1 saturated heterocycles. The summed E-state index contributed by atoms with van der Waals surface area (Å²) in [6, 6.07) is 0. The van der Waals surface area contributed by atoms with Gasteiger partial charge in [0, 0.05) is 5.92 Å². The highest BCUT2D eigenvalue weighted by atomic mass is 16.5. The van der Waals surface area contributed by atoms with Crippen molar-refractivity contribution in [3.05, 3.63) is 6.33 Å². The van der Waals surface area contributed by atoms with E-state index < -0.39 is 18.4 Å². The van der Waals surface area contributed by atoms with Gasteiger partial charge in [0.15, 0.2) is 11.2 Å². The first-order valence-electron chi connectivity index (χ1n) is 7.14. The summed E-state index contributed by atoms with van der Waals surface area (Å²) < 4.78 is 12.8. The van der Waals surface area contributed by atoms with Gasteiger partial charge in [0.25, 0.3) is 0 Å². The number of aromatic nitrogens is 4. The Bertz CT molecular complexity index is 676. The van der Waals surface area contributed by atoms with E-state index in [-0.39, 0.29) is 18.5 Å². The number of nitrogen functional groups attached to an aromatic ring is 1. The number of aliphatic hydroxyl groups is 2. The van der Waals surface area contributed by atoms with Gasteiger partial charge >= 0.3 is 0 Å². The van der Waals surface area contributed by atoms with Crippen LogP contribution in [-0.4, -0.2) is 55.2 Å². The summed E-state index contributed by atoms with van der Waals surface area (Å²) in [5.41, 5.74) is 6.67. The lowest BCUT2D eigenvalue weighted by Crippen LogP contribution is -2.28. The Morgan fingerprint density at radius 2 is 2.23 bits per heavy atom. The number of hydrogen-bond donors (Lipinski definition) is 3. The van der Waals surface area contributed by atoms with Crippen molar-refractivity contribution >= 4 is 17.1 Å². The van der Waals surface area contributed by atoms with Crippen molar-refractivity contribution in [1.82, 2.24) is 19.5 Å². The maximum Gasteiger partial charge on any atom is 0.247 e. The van der Waals surface area contributed by atoms with Crippen LogP contribution in [0.15, 0.2) is 6.33 Å². The maximum atomic E-state index is 10.1. The van der Waals surface area contributed by atoms with E-state index in [9.17, 15) is 10.2 Å². The maximum absolute atomic E-state index is 10.1. The van der Waals surface area contributed by atoms with Crippen molar-refractivity contribution in [2.75, 3.05) is 18.9 Å². The average molecular weight is 309 g/mol. The Morgan fingerprint density at radius 3 is 2.86 bits per heavy atom. The quantitative estimate of drug-likeness (QED) is 0.701. The highest BCUT2D eigenvalue weighted by Gasteiger charge is 2.42. The molecule has 3 rings (SSSR count). The van der Waals surface area contributed by atoms with Gasteiger partial charge in [-0.3, -0.25) is 4.57 Å². The molecule has 0 spiro atoms. The van der Waals surface area contributed by atoms with Crippen molar-refractivity contribution in [1.29, 1.82) is 0 Å². The second-order valence-corrected chi connectivity index (χ2v) is 5.24. The van der Waals surface area contributed by atoms with E-state index in [0.717, 1.165) is 0 Å². The molecule has 4 N–H and O–H groups in total. The van der Waals surface area contributed by atoms with Gasteiger partial charge in [-0.25, -0.2) is 4.98 Å². The van der Waals surface area contributed by atoms with Crippen LogP contribution >= 0.6 is 0 Å². The molecule has 0 aromatic carbocycles. The zero-order chi connectivity index (χ0) is 15.9. The normalized spacial score (nSPS) is 28.4. The largest absolute Gasteiger partial charge is 0.476 e. The zero-order valence-corrected chi connectivity index (χ0v) is 12.4. The summed E-state index contributed by atoms with van der Waals surface area (Å²) in [6.45, 7) is 3.85.